The summed E-state index contributed by atoms with van der Waals surface area (Å²) < 4.78 is 5.73. The molecule has 146 valence electrons. The summed E-state index contributed by atoms with van der Waals surface area (Å²) in [5.74, 6) is 0.642. The lowest BCUT2D eigenvalue weighted by Crippen LogP contribution is -2.37. The van der Waals surface area contributed by atoms with Gasteiger partial charge in [-0.15, -0.1) is 10.2 Å². The molecule has 0 aliphatic heterocycles. The Bertz CT molecular complexity index is 971. The molecule has 0 unspecified atom stereocenters. The summed E-state index contributed by atoms with van der Waals surface area (Å²) >= 11 is 18.0. The van der Waals surface area contributed by atoms with Crippen LogP contribution in [-0.2, 0) is 17.8 Å². The first-order chi connectivity index (χ1) is 13.3. The molecule has 3 rings (SSSR count). The van der Waals surface area contributed by atoms with E-state index in [4.69, 9.17) is 39.2 Å². The van der Waals surface area contributed by atoms with Crippen molar-refractivity contribution in [3.05, 3.63) is 69.0 Å². The third-order valence-corrected chi connectivity index (χ3v) is 5.00. The van der Waals surface area contributed by atoms with Crippen molar-refractivity contribution in [2.45, 2.75) is 32.9 Å². The molecule has 5 nitrogen and oxygen atoms in total. The van der Waals surface area contributed by atoms with Gasteiger partial charge in [0.25, 0.3) is 0 Å². The molecular weight excluding hydrogens is 421 g/mol. The van der Waals surface area contributed by atoms with Gasteiger partial charge in [-0.25, -0.2) is 0 Å². The summed E-state index contributed by atoms with van der Waals surface area (Å²) in [6.07, 6.45) is 0.159. The molecule has 0 aliphatic carbocycles. The monoisotopic (exact) mass is 437 g/mol. The second kappa shape index (κ2) is 8.95. The Hall–Kier alpha value is -2.08. The fourth-order valence-corrected chi connectivity index (χ4v) is 3.26. The number of hydrogen-bond donors (Lipinski definition) is 0. The highest BCUT2D eigenvalue weighted by atomic mass is 35.5. The quantitative estimate of drug-likeness (QED) is 0.497. The molecule has 0 radical (unpaired) electrons. The first-order valence-electron chi connectivity index (χ1n) is 8.65. The van der Waals surface area contributed by atoms with Gasteiger partial charge in [-0.3, -0.25) is 4.79 Å². The zero-order valence-corrected chi connectivity index (χ0v) is 17.6. The van der Waals surface area contributed by atoms with Crippen LogP contribution in [0.15, 0.2) is 46.9 Å². The first kappa shape index (κ1) is 20.6. The van der Waals surface area contributed by atoms with E-state index in [0.29, 0.717) is 32.4 Å². The van der Waals surface area contributed by atoms with Gasteiger partial charge in [-0.05, 0) is 55.8 Å². The molecule has 0 atom stereocenters. The number of hydrogen-bond acceptors (Lipinski definition) is 4. The van der Waals surface area contributed by atoms with Crippen LogP contribution in [0.4, 0.5) is 0 Å². The van der Waals surface area contributed by atoms with Crippen LogP contribution in [0.5, 0.6) is 0 Å². The van der Waals surface area contributed by atoms with Crippen LogP contribution in [-0.4, -0.2) is 27.0 Å². The minimum absolute atomic E-state index is 0.0514. The Morgan fingerprint density at radius 2 is 1.71 bits per heavy atom. The van der Waals surface area contributed by atoms with E-state index in [0.717, 1.165) is 5.56 Å². The van der Waals surface area contributed by atoms with Crippen LogP contribution in [0.3, 0.4) is 0 Å². The molecule has 0 saturated carbocycles. The highest BCUT2D eigenvalue weighted by Crippen LogP contribution is 2.24. The highest BCUT2D eigenvalue weighted by Gasteiger charge is 2.21. The van der Waals surface area contributed by atoms with Crippen molar-refractivity contribution >= 4 is 40.7 Å². The lowest BCUT2D eigenvalue weighted by molar-refractivity contribution is -0.133. The van der Waals surface area contributed by atoms with Crippen molar-refractivity contribution in [2.75, 3.05) is 0 Å². The van der Waals surface area contributed by atoms with Crippen LogP contribution >= 0.6 is 34.8 Å². The molecular formula is C20H18Cl3N3O2. The SMILES string of the molecule is CC(C)N(Cc1nnc(-c2ccc(Cl)cc2)o1)C(=O)Cc1ccc(Cl)cc1Cl. The maximum absolute atomic E-state index is 12.8. The number of carbonyl (C=O) groups is 1. The van der Waals surface area contributed by atoms with E-state index in [2.05, 4.69) is 10.2 Å². The minimum Gasteiger partial charge on any atom is -0.419 e. The zero-order valence-electron chi connectivity index (χ0n) is 15.3. The number of benzene rings is 2. The second-order valence-electron chi connectivity index (χ2n) is 6.54. The Kier molecular flexibility index (Phi) is 6.60. The van der Waals surface area contributed by atoms with Gasteiger partial charge in [0, 0.05) is 26.7 Å². The molecule has 8 heteroatoms. The van der Waals surface area contributed by atoms with Crippen LogP contribution in [0, 0.1) is 0 Å². The highest BCUT2D eigenvalue weighted by molar-refractivity contribution is 6.35. The Labute approximate surface area is 178 Å². The van der Waals surface area contributed by atoms with Crippen LogP contribution in [0.2, 0.25) is 15.1 Å². The molecule has 0 N–H and O–H groups in total. The normalized spacial score (nSPS) is 11.1. The molecule has 28 heavy (non-hydrogen) atoms. The minimum atomic E-state index is -0.0922. The average Bonchev–Trinajstić information content (AvgIpc) is 3.11. The van der Waals surface area contributed by atoms with Gasteiger partial charge in [-0.1, -0.05) is 40.9 Å². The number of aromatic nitrogens is 2. The number of nitrogens with zero attached hydrogens (tertiary/aromatic N) is 3. The van der Waals surface area contributed by atoms with Gasteiger partial charge in [-0.2, -0.15) is 0 Å². The van der Waals surface area contributed by atoms with Gasteiger partial charge in [0.15, 0.2) is 0 Å². The van der Waals surface area contributed by atoms with Gasteiger partial charge < -0.3 is 9.32 Å². The predicted molar refractivity (Wildman–Crippen MR) is 111 cm³/mol. The summed E-state index contributed by atoms with van der Waals surface area (Å²) in [6.45, 7) is 4.07. The van der Waals surface area contributed by atoms with Crippen molar-refractivity contribution in [1.82, 2.24) is 15.1 Å². The van der Waals surface area contributed by atoms with E-state index in [1.165, 1.54) is 0 Å². The van der Waals surface area contributed by atoms with Gasteiger partial charge >= 0.3 is 0 Å². The van der Waals surface area contributed by atoms with Gasteiger partial charge in [0.1, 0.15) is 0 Å². The Morgan fingerprint density at radius 1 is 1.04 bits per heavy atom. The van der Waals surface area contributed by atoms with Crippen LogP contribution in [0.25, 0.3) is 11.5 Å². The summed E-state index contributed by atoms with van der Waals surface area (Å²) in [6, 6.07) is 12.1. The zero-order chi connectivity index (χ0) is 20.3. The number of carbonyl (C=O) groups excluding carboxylic acids is 1. The van der Waals surface area contributed by atoms with Crippen molar-refractivity contribution in [2.24, 2.45) is 0 Å². The maximum atomic E-state index is 12.8. The summed E-state index contributed by atoms with van der Waals surface area (Å²) in [5, 5.41) is 9.75. The fraction of sp³-hybridized carbons (Fsp3) is 0.250. The second-order valence-corrected chi connectivity index (χ2v) is 7.82. The van der Waals surface area contributed by atoms with E-state index in [9.17, 15) is 4.79 Å². The molecule has 1 heterocycles. The molecule has 0 spiro atoms. The van der Waals surface area contributed by atoms with E-state index in [1.807, 2.05) is 13.8 Å². The standard InChI is InChI=1S/C20H18Cl3N3O2/c1-12(2)26(19(27)9-14-5-8-16(22)10-17(14)23)11-18-24-25-20(28-18)13-3-6-15(21)7-4-13/h3-8,10,12H,9,11H2,1-2H3. The summed E-state index contributed by atoms with van der Waals surface area (Å²) in [5.41, 5.74) is 1.48. The van der Waals surface area contributed by atoms with E-state index in [1.54, 1.807) is 47.4 Å². The number of rotatable bonds is 6. The molecule has 1 aromatic heterocycles. The lowest BCUT2D eigenvalue weighted by atomic mass is 10.1. The van der Waals surface area contributed by atoms with Crippen LogP contribution < -0.4 is 0 Å². The molecule has 0 saturated heterocycles. The van der Waals surface area contributed by atoms with Crippen LogP contribution in [0.1, 0.15) is 25.3 Å². The van der Waals surface area contributed by atoms with E-state index < -0.39 is 0 Å². The molecule has 0 bridgehead atoms. The molecule has 3 aromatic rings. The summed E-state index contributed by atoms with van der Waals surface area (Å²) in [7, 11) is 0. The number of amides is 1. The fourth-order valence-electron chi connectivity index (χ4n) is 2.66. The molecule has 1 amide bonds. The van der Waals surface area contributed by atoms with Gasteiger partial charge in [0.2, 0.25) is 17.7 Å². The number of halogens is 3. The van der Waals surface area contributed by atoms with E-state index >= 15 is 0 Å². The lowest BCUT2D eigenvalue weighted by Gasteiger charge is -2.25. The topological polar surface area (TPSA) is 59.2 Å². The molecule has 0 aliphatic rings. The third-order valence-electron chi connectivity index (χ3n) is 4.16. The molecule has 2 aromatic carbocycles. The maximum Gasteiger partial charge on any atom is 0.247 e. The predicted octanol–water partition coefficient (Wildman–Crippen LogP) is 5.68. The third kappa shape index (κ3) is 5.04. The van der Waals surface area contributed by atoms with Crippen molar-refractivity contribution in [3.8, 4) is 11.5 Å². The van der Waals surface area contributed by atoms with Crippen molar-refractivity contribution < 1.29 is 9.21 Å². The Morgan fingerprint density at radius 3 is 2.36 bits per heavy atom. The van der Waals surface area contributed by atoms with Gasteiger partial charge in [0.05, 0.1) is 13.0 Å². The van der Waals surface area contributed by atoms with Crippen molar-refractivity contribution in [3.63, 3.8) is 0 Å². The Balaban J connectivity index is 1.74. The molecule has 0 fully saturated rings. The largest absolute Gasteiger partial charge is 0.419 e. The van der Waals surface area contributed by atoms with E-state index in [-0.39, 0.29) is 24.9 Å². The first-order valence-corrected chi connectivity index (χ1v) is 9.78. The van der Waals surface area contributed by atoms with Crippen molar-refractivity contribution in [1.29, 1.82) is 0 Å². The summed E-state index contributed by atoms with van der Waals surface area (Å²) in [4.78, 5) is 14.5. The smallest absolute Gasteiger partial charge is 0.247 e. The average molecular weight is 439 g/mol.